The average molecular weight is 335 g/mol. The van der Waals surface area contributed by atoms with Gasteiger partial charge in [0.2, 0.25) is 11.8 Å². The van der Waals surface area contributed by atoms with Crippen LogP contribution < -0.4 is 5.32 Å². The molecule has 0 aromatic carbocycles. The van der Waals surface area contributed by atoms with Crippen molar-refractivity contribution in [3.8, 4) is 0 Å². The van der Waals surface area contributed by atoms with Gasteiger partial charge in [-0.25, -0.2) is 0 Å². The number of ether oxygens (including phenoxy) is 1. The Kier molecular flexibility index (Phi) is 6.27. The van der Waals surface area contributed by atoms with E-state index in [2.05, 4.69) is 21.2 Å². The summed E-state index contributed by atoms with van der Waals surface area (Å²) in [5.41, 5.74) is 0. The molecular weight excluding hydrogens is 316 g/mol. The fourth-order valence-electron chi connectivity index (χ4n) is 1.77. The van der Waals surface area contributed by atoms with Crippen LogP contribution in [0.4, 0.5) is 0 Å². The number of carbonyl (C=O) groups is 3. The summed E-state index contributed by atoms with van der Waals surface area (Å²) < 4.78 is 5.05. The molecule has 1 saturated heterocycles. The lowest BCUT2D eigenvalue weighted by Gasteiger charge is -2.34. The van der Waals surface area contributed by atoms with Crippen molar-refractivity contribution < 1.29 is 19.1 Å². The third kappa shape index (κ3) is 4.81. The Morgan fingerprint density at radius 1 is 1.53 bits per heavy atom. The van der Waals surface area contributed by atoms with E-state index >= 15 is 0 Å². The van der Waals surface area contributed by atoms with Crippen LogP contribution in [0.15, 0.2) is 0 Å². The first kappa shape index (κ1) is 15.9. The quantitative estimate of drug-likeness (QED) is 0.579. The molecule has 7 heteroatoms. The number of piperazine rings is 1. The van der Waals surface area contributed by atoms with E-state index in [4.69, 9.17) is 4.74 Å². The van der Waals surface area contributed by atoms with Crippen molar-refractivity contribution in [1.29, 1.82) is 0 Å². The van der Waals surface area contributed by atoms with Gasteiger partial charge in [-0.2, -0.15) is 0 Å². The Hall–Kier alpha value is -1.11. The summed E-state index contributed by atoms with van der Waals surface area (Å²) in [7, 11) is 0. The second-order valence-corrected chi connectivity index (χ2v) is 5.37. The monoisotopic (exact) mass is 334 g/mol. The number of hydrogen-bond donors (Lipinski definition) is 1. The molecule has 1 fully saturated rings. The minimum Gasteiger partial charge on any atom is -0.465 e. The highest BCUT2D eigenvalue weighted by Crippen LogP contribution is 2.11. The van der Waals surface area contributed by atoms with Gasteiger partial charge in [-0.05, 0) is 5.92 Å². The van der Waals surface area contributed by atoms with Gasteiger partial charge in [-0.15, -0.1) is 0 Å². The molecule has 0 aromatic heterocycles. The first-order valence-electron chi connectivity index (χ1n) is 6.24. The van der Waals surface area contributed by atoms with Gasteiger partial charge in [0.1, 0.15) is 6.04 Å². The Morgan fingerprint density at radius 2 is 2.21 bits per heavy atom. The third-order valence-corrected chi connectivity index (χ3v) is 3.18. The van der Waals surface area contributed by atoms with Crippen molar-refractivity contribution in [2.24, 2.45) is 5.92 Å². The van der Waals surface area contributed by atoms with E-state index in [1.807, 2.05) is 13.8 Å². The zero-order valence-electron chi connectivity index (χ0n) is 11.1. The van der Waals surface area contributed by atoms with E-state index in [1.54, 1.807) is 0 Å². The molecule has 108 valence electrons. The van der Waals surface area contributed by atoms with Crippen LogP contribution in [-0.2, 0) is 19.1 Å². The molecule has 1 N–H and O–H groups in total. The van der Waals surface area contributed by atoms with Gasteiger partial charge in [0.15, 0.2) is 0 Å². The minimum atomic E-state index is -0.765. The van der Waals surface area contributed by atoms with Crippen molar-refractivity contribution in [1.82, 2.24) is 10.2 Å². The number of hydrogen-bond acceptors (Lipinski definition) is 4. The SMILES string of the molecule is CC(C)COC(=O)CC1C(=O)NCCN1C(=O)CBr. The molecule has 0 radical (unpaired) electrons. The molecule has 1 unspecified atom stereocenters. The van der Waals surface area contributed by atoms with Gasteiger partial charge in [-0.1, -0.05) is 29.8 Å². The number of nitrogens with zero attached hydrogens (tertiary/aromatic N) is 1. The van der Waals surface area contributed by atoms with Gasteiger partial charge in [-0.3, -0.25) is 14.4 Å². The molecule has 1 atom stereocenters. The van der Waals surface area contributed by atoms with E-state index < -0.39 is 12.0 Å². The smallest absolute Gasteiger partial charge is 0.308 e. The standard InChI is InChI=1S/C12H19BrN2O4/c1-8(2)7-19-11(17)5-9-12(18)14-3-4-15(9)10(16)6-13/h8-9H,3-7H2,1-2H3,(H,14,18). The highest BCUT2D eigenvalue weighted by molar-refractivity contribution is 9.09. The van der Waals surface area contributed by atoms with Crippen molar-refractivity contribution in [3.63, 3.8) is 0 Å². The average Bonchev–Trinajstić information content (AvgIpc) is 2.37. The van der Waals surface area contributed by atoms with Crippen LogP contribution in [0.25, 0.3) is 0 Å². The van der Waals surface area contributed by atoms with Crippen molar-refractivity contribution in [3.05, 3.63) is 0 Å². The van der Waals surface area contributed by atoms with E-state index in [0.29, 0.717) is 19.7 Å². The van der Waals surface area contributed by atoms with Crippen LogP contribution in [0.3, 0.4) is 0 Å². The summed E-state index contributed by atoms with van der Waals surface area (Å²) in [6.07, 6.45) is -0.0999. The van der Waals surface area contributed by atoms with Crippen molar-refractivity contribution in [2.75, 3.05) is 25.0 Å². The number of alkyl halides is 1. The van der Waals surface area contributed by atoms with E-state index in [9.17, 15) is 14.4 Å². The molecule has 0 bridgehead atoms. The molecule has 2 amide bonds. The third-order valence-electron chi connectivity index (χ3n) is 2.70. The van der Waals surface area contributed by atoms with Crippen LogP contribution in [0.1, 0.15) is 20.3 Å². The van der Waals surface area contributed by atoms with Gasteiger partial charge in [0.05, 0.1) is 18.4 Å². The molecule has 19 heavy (non-hydrogen) atoms. The highest BCUT2D eigenvalue weighted by atomic mass is 79.9. The first-order valence-corrected chi connectivity index (χ1v) is 7.36. The predicted octanol–water partition coefficient (Wildman–Crippen LogP) is 0.298. The fourth-order valence-corrected chi connectivity index (χ4v) is 2.09. The minimum absolute atomic E-state index is 0.0999. The van der Waals surface area contributed by atoms with Crippen molar-refractivity contribution in [2.45, 2.75) is 26.3 Å². The number of esters is 1. The predicted molar refractivity (Wildman–Crippen MR) is 72.7 cm³/mol. The van der Waals surface area contributed by atoms with Crippen LogP contribution in [0.2, 0.25) is 0 Å². The van der Waals surface area contributed by atoms with Gasteiger partial charge < -0.3 is 15.0 Å². The Labute approximate surface area is 121 Å². The zero-order chi connectivity index (χ0) is 14.4. The summed E-state index contributed by atoms with van der Waals surface area (Å²) in [4.78, 5) is 36.6. The second kappa shape index (κ2) is 7.47. The normalized spacial score (nSPS) is 19.3. The molecule has 1 rings (SSSR count). The van der Waals surface area contributed by atoms with Gasteiger partial charge in [0, 0.05) is 13.1 Å². The Balaban J connectivity index is 2.62. The second-order valence-electron chi connectivity index (χ2n) is 4.81. The topological polar surface area (TPSA) is 75.7 Å². The van der Waals surface area contributed by atoms with Crippen molar-refractivity contribution >= 4 is 33.7 Å². The maximum atomic E-state index is 11.8. The number of carbonyl (C=O) groups excluding carboxylic acids is 3. The summed E-state index contributed by atoms with van der Waals surface area (Å²) in [5.74, 6) is -0.717. The lowest BCUT2D eigenvalue weighted by atomic mass is 10.1. The van der Waals surface area contributed by atoms with Gasteiger partial charge in [0.25, 0.3) is 0 Å². The molecule has 0 aromatic rings. The summed E-state index contributed by atoms with van der Waals surface area (Å²) in [5, 5.41) is 2.79. The summed E-state index contributed by atoms with van der Waals surface area (Å²) >= 11 is 3.07. The molecular formula is C12H19BrN2O4. The molecule has 0 spiro atoms. The van der Waals surface area contributed by atoms with E-state index in [1.165, 1.54) is 4.90 Å². The molecule has 1 aliphatic heterocycles. The largest absolute Gasteiger partial charge is 0.465 e. The van der Waals surface area contributed by atoms with Crippen LogP contribution in [-0.4, -0.2) is 53.8 Å². The maximum Gasteiger partial charge on any atom is 0.308 e. The zero-order valence-corrected chi connectivity index (χ0v) is 12.7. The van der Waals surface area contributed by atoms with Crippen LogP contribution in [0, 0.1) is 5.92 Å². The number of amides is 2. The van der Waals surface area contributed by atoms with Gasteiger partial charge >= 0.3 is 5.97 Å². The Bertz CT molecular complexity index is 360. The summed E-state index contributed by atoms with van der Waals surface area (Å²) in [6.45, 7) is 5.01. The van der Waals surface area contributed by atoms with E-state index in [-0.39, 0.29) is 29.5 Å². The summed E-state index contributed by atoms with van der Waals surface area (Å²) in [6, 6.07) is -0.765. The molecule has 0 saturated carbocycles. The lowest BCUT2D eigenvalue weighted by Crippen LogP contribution is -2.58. The number of rotatable bonds is 5. The maximum absolute atomic E-state index is 11.8. The first-order chi connectivity index (χ1) is 8.95. The number of halogens is 1. The molecule has 0 aliphatic carbocycles. The molecule has 1 aliphatic rings. The number of nitrogens with one attached hydrogen (secondary N) is 1. The lowest BCUT2D eigenvalue weighted by molar-refractivity contribution is -0.151. The molecule has 1 heterocycles. The van der Waals surface area contributed by atoms with E-state index in [0.717, 1.165) is 0 Å². The highest BCUT2D eigenvalue weighted by Gasteiger charge is 2.34. The van der Waals surface area contributed by atoms with Crippen LogP contribution >= 0.6 is 15.9 Å². The molecule has 6 nitrogen and oxygen atoms in total. The van der Waals surface area contributed by atoms with Crippen LogP contribution in [0.5, 0.6) is 0 Å². The fraction of sp³-hybridized carbons (Fsp3) is 0.750. The Morgan fingerprint density at radius 3 is 2.79 bits per heavy atom.